The molecule has 3 aromatic rings. The van der Waals surface area contributed by atoms with Gasteiger partial charge in [0.1, 0.15) is 0 Å². The fraction of sp³-hybridized carbons (Fsp3) is 0.0526. The molecule has 0 atom stereocenters. The number of benzene rings is 3. The Labute approximate surface area is 138 Å². The number of hydrogen-bond donors (Lipinski definition) is 0. The Morgan fingerprint density at radius 1 is 0.667 bits per heavy atom. The van der Waals surface area contributed by atoms with Gasteiger partial charge in [0, 0.05) is 10.4 Å². The van der Waals surface area contributed by atoms with Crippen molar-refractivity contribution in [2.24, 2.45) is 0 Å². The van der Waals surface area contributed by atoms with Crippen molar-refractivity contribution >= 4 is 27.5 Å². The molecule has 0 saturated heterocycles. The van der Waals surface area contributed by atoms with E-state index in [1.54, 1.807) is 0 Å². The third kappa shape index (κ3) is 3.04. The highest BCUT2D eigenvalue weighted by molar-refractivity contribution is 9.10. The molecule has 21 heavy (non-hydrogen) atoms. The van der Waals surface area contributed by atoms with Gasteiger partial charge in [0.05, 0.1) is 5.02 Å². The third-order valence-corrected chi connectivity index (χ3v) is 4.99. The highest BCUT2D eigenvalue weighted by Crippen LogP contribution is 2.38. The lowest BCUT2D eigenvalue weighted by molar-refractivity contribution is 0.970. The van der Waals surface area contributed by atoms with Gasteiger partial charge in [-0.05, 0) is 38.7 Å². The molecule has 0 spiro atoms. The van der Waals surface area contributed by atoms with E-state index in [-0.39, 0.29) is 5.92 Å². The van der Waals surface area contributed by atoms with Crippen LogP contribution >= 0.6 is 27.5 Å². The summed E-state index contributed by atoms with van der Waals surface area (Å²) in [4.78, 5) is 0. The monoisotopic (exact) mass is 356 g/mol. The Kier molecular flexibility index (Phi) is 4.42. The standard InChI is InChI=1S/C19H14BrCl/c20-19-16(12-7-13-17(19)21)18(14-8-3-1-4-9-14)15-10-5-2-6-11-15/h1-13,18H. The molecule has 0 heterocycles. The Morgan fingerprint density at radius 2 is 1.19 bits per heavy atom. The lowest BCUT2D eigenvalue weighted by Gasteiger charge is -2.20. The summed E-state index contributed by atoms with van der Waals surface area (Å²) in [6, 6.07) is 27.0. The molecule has 0 aromatic heterocycles. The van der Waals surface area contributed by atoms with Crippen LogP contribution in [0.5, 0.6) is 0 Å². The minimum Gasteiger partial charge on any atom is -0.0831 e. The van der Waals surface area contributed by atoms with Crippen LogP contribution in [0, 0.1) is 0 Å². The molecule has 104 valence electrons. The summed E-state index contributed by atoms with van der Waals surface area (Å²) in [5.74, 6) is 0.167. The molecular formula is C19H14BrCl. The van der Waals surface area contributed by atoms with E-state index in [0.717, 1.165) is 9.50 Å². The second-order valence-electron chi connectivity index (χ2n) is 4.90. The van der Waals surface area contributed by atoms with Crippen LogP contribution in [-0.2, 0) is 0 Å². The van der Waals surface area contributed by atoms with Crippen LogP contribution in [0.25, 0.3) is 0 Å². The smallest absolute Gasteiger partial charge is 0.0551 e. The molecule has 0 radical (unpaired) electrons. The van der Waals surface area contributed by atoms with Crippen LogP contribution in [-0.4, -0.2) is 0 Å². The van der Waals surface area contributed by atoms with Crippen molar-refractivity contribution in [1.82, 2.24) is 0 Å². The van der Waals surface area contributed by atoms with Crippen molar-refractivity contribution in [2.45, 2.75) is 5.92 Å². The summed E-state index contributed by atoms with van der Waals surface area (Å²) >= 11 is 9.93. The molecule has 0 N–H and O–H groups in total. The lowest BCUT2D eigenvalue weighted by atomic mass is 9.85. The summed E-state index contributed by atoms with van der Waals surface area (Å²) in [5, 5.41) is 0.740. The van der Waals surface area contributed by atoms with Gasteiger partial charge in [0.15, 0.2) is 0 Å². The molecule has 0 unspecified atom stereocenters. The first-order valence-corrected chi connectivity index (χ1v) is 7.98. The van der Waals surface area contributed by atoms with Crippen molar-refractivity contribution in [1.29, 1.82) is 0 Å². The van der Waals surface area contributed by atoms with E-state index in [1.165, 1.54) is 16.7 Å². The van der Waals surface area contributed by atoms with Crippen molar-refractivity contribution in [3.63, 3.8) is 0 Å². The molecule has 2 heteroatoms. The van der Waals surface area contributed by atoms with E-state index in [0.29, 0.717) is 0 Å². The normalized spacial score (nSPS) is 10.8. The van der Waals surface area contributed by atoms with Crippen LogP contribution in [0.3, 0.4) is 0 Å². The summed E-state index contributed by atoms with van der Waals surface area (Å²) in [7, 11) is 0. The van der Waals surface area contributed by atoms with Gasteiger partial charge in [0.2, 0.25) is 0 Å². The van der Waals surface area contributed by atoms with Gasteiger partial charge in [-0.2, -0.15) is 0 Å². The van der Waals surface area contributed by atoms with Crippen LogP contribution in [0.1, 0.15) is 22.6 Å². The summed E-state index contributed by atoms with van der Waals surface area (Å²) in [6.45, 7) is 0. The van der Waals surface area contributed by atoms with Gasteiger partial charge in [-0.1, -0.05) is 84.4 Å². The van der Waals surface area contributed by atoms with Crippen LogP contribution in [0.15, 0.2) is 83.3 Å². The fourth-order valence-corrected chi connectivity index (χ4v) is 3.26. The van der Waals surface area contributed by atoms with Crippen molar-refractivity contribution in [3.8, 4) is 0 Å². The predicted octanol–water partition coefficient (Wildman–Crippen LogP) is 6.28. The zero-order chi connectivity index (χ0) is 14.7. The zero-order valence-corrected chi connectivity index (χ0v) is 13.7. The lowest BCUT2D eigenvalue weighted by Crippen LogP contribution is -2.04. The molecule has 0 saturated carbocycles. The summed E-state index contributed by atoms with van der Waals surface area (Å²) in [5.41, 5.74) is 3.69. The predicted molar refractivity (Wildman–Crippen MR) is 93.0 cm³/mol. The van der Waals surface area contributed by atoms with Gasteiger partial charge in [-0.15, -0.1) is 0 Å². The van der Waals surface area contributed by atoms with Gasteiger partial charge < -0.3 is 0 Å². The maximum Gasteiger partial charge on any atom is 0.0551 e. The first kappa shape index (κ1) is 14.4. The fourth-order valence-electron chi connectivity index (χ4n) is 2.59. The number of halogens is 2. The molecule has 0 aliphatic carbocycles. The average molecular weight is 358 g/mol. The van der Waals surface area contributed by atoms with Crippen LogP contribution < -0.4 is 0 Å². The molecule has 3 aromatic carbocycles. The van der Waals surface area contributed by atoms with E-state index in [9.17, 15) is 0 Å². The molecule has 0 aliphatic heterocycles. The first-order chi connectivity index (χ1) is 10.3. The highest BCUT2D eigenvalue weighted by Gasteiger charge is 2.19. The van der Waals surface area contributed by atoms with Gasteiger partial charge >= 0.3 is 0 Å². The SMILES string of the molecule is Clc1cccc(C(c2ccccc2)c2ccccc2)c1Br. The van der Waals surface area contributed by atoms with Crippen LogP contribution in [0.4, 0.5) is 0 Å². The quantitative estimate of drug-likeness (QED) is 0.484. The minimum absolute atomic E-state index is 0.167. The van der Waals surface area contributed by atoms with Crippen LogP contribution in [0.2, 0.25) is 5.02 Å². The zero-order valence-electron chi connectivity index (χ0n) is 11.3. The number of rotatable bonds is 3. The first-order valence-electron chi connectivity index (χ1n) is 6.81. The second kappa shape index (κ2) is 6.46. The molecule has 0 aliphatic rings. The molecule has 0 nitrogen and oxygen atoms in total. The van der Waals surface area contributed by atoms with Crippen molar-refractivity contribution in [2.75, 3.05) is 0 Å². The molecular weight excluding hydrogens is 344 g/mol. The molecule has 3 rings (SSSR count). The molecule has 0 fully saturated rings. The van der Waals surface area contributed by atoms with E-state index in [1.807, 2.05) is 24.3 Å². The largest absolute Gasteiger partial charge is 0.0831 e. The van der Waals surface area contributed by atoms with E-state index >= 15 is 0 Å². The maximum absolute atomic E-state index is 6.29. The topological polar surface area (TPSA) is 0 Å². The Bertz CT molecular complexity index is 684. The summed E-state index contributed by atoms with van der Waals surface area (Å²) in [6.07, 6.45) is 0. The third-order valence-electron chi connectivity index (χ3n) is 3.56. The van der Waals surface area contributed by atoms with E-state index < -0.39 is 0 Å². The Morgan fingerprint density at radius 3 is 1.71 bits per heavy atom. The average Bonchev–Trinajstić information content (AvgIpc) is 2.54. The van der Waals surface area contributed by atoms with Gasteiger partial charge in [0.25, 0.3) is 0 Å². The van der Waals surface area contributed by atoms with E-state index in [2.05, 4.69) is 70.5 Å². The van der Waals surface area contributed by atoms with Gasteiger partial charge in [-0.3, -0.25) is 0 Å². The second-order valence-corrected chi connectivity index (χ2v) is 6.10. The number of hydrogen-bond acceptors (Lipinski definition) is 0. The Balaban J connectivity index is 2.20. The maximum atomic E-state index is 6.29. The minimum atomic E-state index is 0.167. The Hall–Kier alpha value is -1.57. The van der Waals surface area contributed by atoms with Crippen molar-refractivity contribution in [3.05, 3.63) is 105 Å². The molecule has 0 bridgehead atoms. The van der Waals surface area contributed by atoms with Gasteiger partial charge in [-0.25, -0.2) is 0 Å². The summed E-state index contributed by atoms with van der Waals surface area (Å²) < 4.78 is 0.962. The highest BCUT2D eigenvalue weighted by atomic mass is 79.9. The van der Waals surface area contributed by atoms with E-state index in [4.69, 9.17) is 11.6 Å². The molecule has 0 amide bonds. The van der Waals surface area contributed by atoms with Crippen molar-refractivity contribution < 1.29 is 0 Å².